The van der Waals surface area contributed by atoms with Crippen molar-refractivity contribution in [3.8, 4) is 10.7 Å². The maximum absolute atomic E-state index is 5.55. The monoisotopic (exact) mass is 282 g/mol. The van der Waals surface area contributed by atoms with Crippen LogP contribution in [0.25, 0.3) is 15.7 Å². The fourth-order valence-electron chi connectivity index (χ4n) is 1.48. The maximum atomic E-state index is 5.55. The Hall–Kier alpha value is -1.42. The molecule has 3 heterocycles. The lowest BCUT2D eigenvalue weighted by Crippen LogP contribution is -1.97. The van der Waals surface area contributed by atoms with Crippen molar-refractivity contribution in [2.75, 3.05) is 7.11 Å². The minimum absolute atomic E-state index is 0.384. The lowest BCUT2D eigenvalue weighted by Gasteiger charge is -1.92. The third kappa shape index (κ3) is 1.90. The van der Waals surface area contributed by atoms with Gasteiger partial charge in [0.25, 0.3) is 0 Å². The van der Waals surface area contributed by atoms with Gasteiger partial charge in [0, 0.05) is 19.0 Å². The lowest BCUT2D eigenvalue weighted by molar-refractivity contribution is 0.176. The van der Waals surface area contributed by atoms with Crippen LogP contribution in [-0.2, 0) is 17.9 Å². The van der Waals surface area contributed by atoms with Crippen LogP contribution in [0.1, 0.15) is 10.8 Å². The highest BCUT2D eigenvalue weighted by Crippen LogP contribution is 2.26. The van der Waals surface area contributed by atoms with E-state index in [-0.39, 0.29) is 0 Å². The van der Waals surface area contributed by atoms with E-state index in [4.69, 9.17) is 10.5 Å². The second-order valence-corrected chi connectivity index (χ2v) is 5.38. The Morgan fingerprint density at radius 3 is 3.06 bits per heavy atom. The molecule has 3 aromatic heterocycles. The van der Waals surface area contributed by atoms with Gasteiger partial charge in [-0.15, -0.1) is 21.5 Å². The molecule has 0 aliphatic rings. The first kappa shape index (κ1) is 11.7. The number of methoxy groups -OCH3 is 1. The van der Waals surface area contributed by atoms with E-state index in [0.717, 1.165) is 20.7 Å². The molecule has 0 saturated carbocycles. The Bertz CT molecular complexity index is 672. The molecule has 0 unspecified atom stereocenters. The van der Waals surface area contributed by atoms with Gasteiger partial charge in [-0.2, -0.15) is 9.61 Å². The van der Waals surface area contributed by atoms with Crippen LogP contribution in [0.15, 0.2) is 5.38 Å². The minimum atomic E-state index is 0.384. The highest BCUT2D eigenvalue weighted by molar-refractivity contribution is 7.20. The van der Waals surface area contributed by atoms with Gasteiger partial charge in [0.2, 0.25) is 4.96 Å². The maximum Gasteiger partial charge on any atom is 0.235 e. The molecule has 94 valence electrons. The standard InChI is InChI=1S/C9H10N6OS2/c1-16-3-6-12-13-9-15(6)14-8(18-9)5-4-17-7(2-10)11-5/h4H,2-3,10H2,1H3. The molecule has 9 heteroatoms. The van der Waals surface area contributed by atoms with Crippen molar-refractivity contribution in [2.24, 2.45) is 5.73 Å². The van der Waals surface area contributed by atoms with E-state index < -0.39 is 0 Å². The van der Waals surface area contributed by atoms with E-state index in [2.05, 4.69) is 20.3 Å². The van der Waals surface area contributed by atoms with E-state index in [1.807, 2.05) is 5.38 Å². The van der Waals surface area contributed by atoms with Crippen molar-refractivity contribution in [1.29, 1.82) is 0 Å². The van der Waals surface area contributed by atoms with Crippen LogP contribution in [0.3, 0.4) is 0 Å². The predicted octanol–water partition coefficient (Wildman–Crippen LogP) is 0.914. The summed E-state index contributed by atoms with van der Waals surface area (Å²) in [5.41, 5.74) is 6.38. The number of nitrogens with zero attached hydrogens (tertiary/aromatic N) is 5. The zero-order chi connectivity index (χ0) is 12.5. The van der Waals surface area contributed by atoms with Gasteiger partial charge in [0.1, 0.15) is 17.3 Å². The van der Waals surface area contributed by atoms with Crippen LogP contribution in [0, 0.1) is 0 Å². The third-order valence-corrected chi connectivity index (χ3v) is 4.07. The Labute approximate surface area is 110 Å². The van der Waals surface area contributed by atoms with Crippen LogP contribution in [0.2, 0.25) is 0 Å². The molecule has 0 radical (unpaired) electrons. The molecule has 0 spiro atoms. The van der Waals surface area contributed by atoms with Crippen LogP contribution >= 0.6 is 22.7 Å². The van der Waals surface area contributed by atoms with Crippen LogP contribution in [0.4, 0.5) is 0 Å². The first-order valence-electron chi connectivity index (χ1n) is 5.16. The van der Waals surface area contributed by atoms with Gasteiger partial charge in [-0.05, 0) is 0 Å². The Morgan fingerprint density at radius 2 is 2.33 bits per heavy atom. The zero-order valence-electron chi connectivity index (χ0n) is 9.53. The van der Waals surface area contributed by atoms with Crippen molar-refractivity contribution < 1.29 is 4.74 Å². The van der Waals surface area contributed by atoms with Crippen LogP contribution in [0.5, 0.6) is 0 Å². The molecule has 3 aromatic rings. The predicted molar refractivity (Wildman–Crippen MR) is 68.4 cm³/mol. The molecule has 2 N–H and O–H groups in total. The van der Waals surface area contributed by atoms with Crippen molar-refractivity contribution in [1.82, 2.24) is 24.8 Å². The van der Waals surface area contributed by atoms with Gasteiger partial charge in [-0.25, -0.2) is 4.98 Å². The molecule has 3 rings (SSSR count). The number of hydrogen-bond donors (Lipinski definition) is 1. The van der Waals surface area contributed by atoms with Gasteiger partial charge in [-0.1, -0.05) is 11.3 Å². The quantitative estimate of drug-likeness (QED) is 0.765. The van der Waals surface area contributed by atoms with E-state index in [1.165, 1.54) is 22.7 Å². The molecule has 0 atom stereocenters. The summed E-state index contributed by atoms with van der Waals surface area (Å²) in [6.45, 7) is 0.832. The van der Waals surface area contributed by atoms with E-state index in [1.54, 1.807) is 11.6 Å². The second-order valence-electron chi connectivity index (χ2n) is 3.48. The number of hydrogen-bond acceptors (Lipinski definition) is 8. The molecule has 0 bridgehead atoms. The molecule has 0 fully saturated rings. The fraction of sp³-hybridized carbons (Fsp3) is 0.333. The number of fused-ring (bicyclic) bond motifs is 1. The molecule has 7 nitrogen and oxygen atoms in total. The second kappa shape index (κ2) is 4.69. The normalized spacial score (nSPS) is 11.4. The Morgan fingerprint density at radius 1 is 1.44 bits per heavy atom. The SMILES string of the molecule is COCc1nnc2sc(-c3csc(CN)n3)nn12. The number of rotatable bonds is 4. The van der Waals surface area contributed by atoms with Crippen molar-refractivity contribution in [3.05, 3.63) is 16.2 Å². The summed E-state index contributed by atoms with van der Waals surface area (Å²) in [7, 11) is 1.61. The van der Waals surface area contributed by atoms with Crippen LogP contribution < -0.4 is 5.73 Å². The van der Waals surface area contributed by atoms with E-state index >= 15 is 0 Å². The average Bonchev–Trinajstić information content (AvgIpc) is 3.04. The average molecular weight is 282 g/mol. The molecule has 0 saturated heterocycles. The summed E-state index contributed by atoms with van der Waals surface area (Å²) in [6.07, 6.45) is 0. The molecule has 0 aromatic carbocycles. The Balaban J connectivity index is 2.02. The van der Waals surface area contributed by atoms with Gasteiger partial charge in [0.15, 0.2) is 10.8 Å². The van der Waals surface area contributed by atoms with Gasteiger partial charge < -0.3 is 10.5 Å². The largest absolute Gasteiger partial charge is 0.377 e. The van der Waals surface area contributed by atoms with Gasteiger partial charge in [0.05, 0.1) is 0 Å². The molecule has 0 aliphatic carbocycles. The molecular weight excluding hydrogens is 272 g/mol. The number of ether oxygens (including phenoxy) is 1. The minimum Gasteiger partial charge on any atom is -0.377 e. The van der Waals surface area contributed by atoms with Crippen LogP contribution in [-0.4, -0.2) is 31.9 Å². The smallest absolute Gasteiger partial charge is 0.235 e. The molecular formula is C9H10N6OS2. The topological polar surface area (TPSA) is 91.2 Å². The first-order chi connectivity index (χ1) is 8.81. The highest BCUT2D eigenvalue weighted by Gasteiger charge is 2.14. The molecule has 0 amide bonds. The first-order valence-corrected chi connectivity index (χ1v) is 6.86. The van der Waals surface area contributed by atoms with Gasteiger partial charge >= 0.3 is 0 Å². The van der Waals surface area contributed by atoms with Gasteiger partial charge in [-0.3, -0.25) is 0 Å². The molecule has 18 heavy (non-hydrogen) atoms. The van der Waals surface area contributed by atoms with Crippen molar-refractivity contribution in [2.45, 2.75) is 13.2 Å². The summed E-state index contributed by atoms with van der Waals surface area (Å²) in [4.78, 5) is 5.13. The summed E-state index contributed by atoms with van der Waals surface area (Å²) in [5, 5.41) is 16.2. The number of nitrogens with two attached hydrogens (primary N) is 1. The van der Waals surface area contributed by atoms with E-state index in [0.29, 0.717) is 19.0 Å². The number of aromatic nitrogens is 5. The number of thiazole rings is 1. The van der Waals surface area contributed by atoms with Crippen molar-refractivity contribution in [3.63, 3.8) is 0 Å². The summed E-state index contributed by atoms with van der Waals surface area (Å²) in [6, 6.07) is 0. The fourth-order valence-corrected chi connectivity index (χ4v) is 3.04. The Kier molecular flexibility index (Phi) is 3.04. The zero-order valence-corrected chi connectivity index (χ0v) is 11.2. The lowest BCUT2D eigenvalue weighted by atomic mass is 10.5. The van der Waals surface area contributed by atoms with E-state index in [9.17, 15) is 0 Å². The summed E-state index contributed by atoms with van der Waals surface area (Å²) >= 11 is 2.98. The third-order valence-electron chi connectivity index (χ3n) is 2.27. The summed E-state index contributed by atoms with van der Waals surface area (Å²) in [5.74, 6) is 0.685. The summed E-state index contributed by atoms with van der Waals surface area (Å²) < 4.78 is 6.73. The highest BCUT2D eigenvalue weighted by atomic mass is 32.1. The molecule has 0 aliphatic heterocycles. The van der Waals surface area contributed by atoms with Crippen molar-refractivity contribution >= 4 is 27.6 Å².